The second-order valence-electron chi connectivity index (χ2n) is 6.32. The number of hydrogen-bond acceptors (Lipinski definition) is 4. The molecule has 0 aliphatic carbocycles. The second-order valence-corrected chi connectivity index (χ2v) is 8.50. The molecule has 4 nitrogen and oxygen atoms in total. The van der Waals surface area contributed by atoms with Gasteiger partial charge in [0.2, 0.25) is 0 Å². The first kappa shape index (κ1) is 15.3. The predicted octanol–water partition coefficient (Wildman–Crippen LogP) is 1.40. The van der Waals surface area contributed by atoms with E-state index >= 15 is 0 Å². The molecule has 2 saturated heterocycles. The van der Waals surface area contributed by atoms with Gasteiger partial charge < -0.3 is 5.73 Å². The smallest absolute Gasteiger partial charge is 0.152 e. The SMILES string of the molecule is CCC1CCCN(C2(CN)CCCS(=O)(=O)C2)CC1. The summed E-state index contributed by atoms with van der Waals surface area (Å²) >= 11 is 0. The van der Waals surface area contributed by atoms with Crippen molar-refractivity contribution in [2.75, 3.05) is 31.1 Å². The van der Waals surface area contributed by atoms with Crippen LogP contribution in [0.5, 0.6) is 0 Å². The molecule has 2 rings (SSSR count). The Hall–Kier alpha value is -0.130. The van der Waals surface area contributed by atoms with Gasteiger partial charge >= 0.3 is 0 Å². The minimum absolute atomic E-state index is 0.271. The second kappa shape index (κ2) is 6.10. The van der Waals surface area contributed by atoms with Crippen LogP contribution in [0.2, 0.25) is 0 Å². The molecule has 2 aliphatic heterocycles. The zero-order chi connectivity index (χ0) is 13.9. The maximum Gasteiger partial charge on any atom is 0.152 e. The van der Waals surface area contributed by atoms with Crippen molar-refractivity contribution in [1.82, 2.24) is 4.90 Å². The minimum Gasteiger partial charge on any atom is -0.329 e. The van der Waals surface area contributed by atoms with Gasteiger partial charge in [-0.25, -0.2) is 8.42 Å². The van der Waals surface area contributed by atoms with Crippen LogP contribution in [0.4, 0.5) is 0 Å². The van der Waals surface area contributed by atoms with Crippen molar-refractivity contribution in [2.45, 2.75) is 51.0 Å². The monoisotopic (exact) mass is 288 g/mol. The van der Waals surface area contributed by atoms with Crippen molar-refractivity contribution >= 4 is 9.84 Å². The molecule has 0 spiro atoms. The first-order valence-corrected chi connectivity index (χ1v) is 9.49. The molecule has 0 aromatic rings. The standard InChI is InChI=1S/C14H28N2O2S/c1-2-13-5-3-8-16(9-6-13)14(11-15)7-4-10-19(17,18)12-14/h13H,2-12,15H2,1H3. The van der Waals surface area contributed by atoms with Crippen molar-refractivity contribution in [2.24, 2.45) is 11.7 Å². The molecule has 0 aromatic carbocycles. The Morgan fingerprint density at radius 3 is 2.68 bits per heavy atom. The molecule has 0 amide bonds. The van der Waals surface area contributed by atoms with E-state index in [1.807, 2.05) is 0 Å². The zero-order valence-electron chi connectivity index (χ0n) is 12.1. The van der Waals surface area contributed by atoms with Crippen LogP contribution in [0.15, 0.2) is 0 Å². The van der Waals surface area contributed by atoms with Crippen LogP contribution in [0, 0.1) is 5.92 Å². The lowest BCUT2D eigenvalue weighted by Crippen LogP contribution is -2.60. The van der Waals surface area contributed by atoms with Crippen LogP contribution in [0.1, 0.15) is 45.4 Å². The molecular formula is C14H28N2O2S. The van der Waals surface area contributed by atoms with E-state index in [0.29, 0.717) is 12.3 Å². The normalized spacial score (nSPS) is 36.8. The highest BCUT2D eigenvalue weighted by molar-refractivity contribution is 7.91. The molecule has 19 heavy (non-hydrogen) atoms. The molecule has 112 valence electrons. The number of likely N-dealkylation sites (tertiary alicyclic amines) is 1. The van der Waals surface area contributed by atoms with E-state index < -0.39 is 9.84 Å². The van der Waals surface area contributed by atoms with Crippen LogP contribution >= 0.6 is 0 Å². The van der Waals surface area contributed by atoms with E-state index in [1.165, 1.54) is 25.7 Å². The molecule has 0 bridgehead atoms. The van der Waals surface area contributed by atoms with Crippen molar-refractivity contribution in [3.05, 3.63) is 0 Å². The molecule has 0 saturated carbocycles. The molecule has 0 radical (unpaired) electrons. The van der Waals surface area contributed by atoms with E-state index in [-0.39, 0.29) is 11.3 Å². The lowest BCUT2D eigenvalue weighted by atomic mass is 9.92. The van der Waals surface area contributed by atoms with Gasteiger partial charge in [-0.3, -0.25) is 4.90 Å². The van der Waals surface area contributed by atoms with Crippen molar-refractivity contribution in [3.8, 4) is 0 Å². The van der Waals surface area contributed by atoms with Crippen molar-refractivity contribution < 1.29 is 8.42 Å². The summed E-state index contributed by atoms with van der Waals surface area (Å²) in [4.78, 5) is 2.40. The maximum atomic E-state index is 12.0. The summed E-state index contributed by atoms with van der Waals surface area (Å²) in [5.74, 6) is 1.42. The van der Waals surface area contributed by atoms with Gasteiger partial charge in [-0.15, -0.1) is 0 Å². The fraction of sp³-hybridized carbons (Fsp3) is 1.00. The first-order valence-electron chi connectivity index (χ1n) is 7.67. The van der Waals surface area contributed by atoms with Crippen molar-refractivity contribution in [1.29, 1.82) is 0 Å². The van der Waals surface area contributed by atoms with Gasteiger partial charge in [0, 0.05) is 12.1 Å². The van der Waals surface area contributed by atoms with Crippen LogP contribution < -0.4 is 5.73 Å². The largest absolute Gasteiger partial charge is 0.329 e. The molecule has 2 N–H and O–H groups in total. The Morgan fingerprint density at radius 1 is 1.26 bits per heavy atom. The molecule has 2 fully saturated rings. The van der Waals surface area contributed by atoms with E-state index in [9.17, 15) is 8.42 Å². The van der Waals surface area contributed by atoms with Crippen LogP contribution in [-0.4, -0.2) is 50.0 Å². The van der Waals surface area contributed by atoms with Gasteiger partial charge in [0.05, 0.1) is 11.5 Å². The summed E-state index contributed by atoms with van der Waals surface area (Å²) in [5, 5.41) is 0. The highest BCUT2D eigenvalue weighted by Crippen LogP contribution is 2.32. The highest BCUT2D eigenvalue weighted by atomic mass is 32.2. The van der Waals surface area contributed by atoms with Crippen molar-refractivity contribution in [3.63, 3.8) is 0 Å². The summed E-state index contributed by atoms with van der Waals surface area (Å²) in [7, 11) is -2.90. The highest BCUT2D eigenvalue weighted by Gasteiger charge is 2.42. The lowest BCUT2D eigenvalue weighted by Gasteiger charge is -2.45. The average Bonchev–Trinajstić information content (AvgIpc) is 2.63. The summed E-state index contributed by atoms with van der Waals surface area (Å²) in [6.07, 6.45) is 6.60. The summed E-state index contributed by atoms with van der Waals surface area (Å²) in [5.41, 5.74) is 5.72. The third kappa shape index (κ3) is 3.50. The topological polar surface area (TPSA) is 63.4 Å². The zero-order valence-corrected chi connectivity index (χ0v) is 12.9. The van der Waals surface area contributed by atoms with Gasteiger partial charge in [-0.1, -0.05) is 13.3 Å². The van der Waals surface area contributed by atoms with E-state index in [2.05, 4.69) is 11.8 Å². The minimum atomic E-state index is -2.90. The number of sulfone groups is 1. The van der Waals surface area contributed by atoms with Gasteiger partial charge in [0.25, 0.3) is 0 Å². The number of nitrogens with zero attached hydrogens (tertiary/aromatic N) is 1. The first-order chi connectivity index (χ1) is 9.01. The summed E-state index contributed by atoms with van der Waals surface area (Å²) in [6.45, 7) is 4.77. The Labute approximate surface area is 117 Å². The Balaban J connectivity index is 2.12. The lowest BCUT2D eigenvalue weighted by molar-refractivity contribution is 0.102. The molecule has 2 aliphatic rings. The predicted molar refractivity (Wildman–Crippen MR) is 78.9 cm³/mol. The summed E-state index contributed by atoms with van der Waals surface area (Å²) < 4.78 is 24.0. The van der Waals surface area contributed by atoms with E-state index in [0.717, 1.165) is 31.8 Å². The van der Waals surface area contributed by atoms with Gasteiger partial charge in [-0.2, -0.15) is 0 Å². The Bertz CT molecular complexity index is 396. The van der Waals surface area contributed by atoms with E-state index in [4.69, 9.17) is 5.73 Å². The third-order valence-electron chi connectivity index (χ3n) is 5.06. The fourth-order valence-corrected chi connectivity index (χ4v) is 5.75. The molecule has 2 heterocycles. The molecular weight excluding hydrogens is 260 g/mol. The molecule has 2 atom stereocenters. The average molecular weight is 288 g/mol. The fourth-order valence-electron chi connectivity index (χ4n) is 3.76. The molecule has 5 heteroatoms. The number of nitrogens with two attached hydrogens (primary N) is 1. The summed E-state index contributed by atoms with van der Waals surface area (Å²) in [6, 6.07) is 0. The van der Waals surface area contributed by atoms with Gasteiger partial charge in [0.1, 0.15) is 0 Å². The van der Waals surface area contributed by atoms with Crippen LogP contribution in [0.25, 0.3) is 0 Å². The van der Waals surface area contributed by atoms with Gasteiger partial charge in [-0.05, 0) is 51.1 Å². The molecule has 2 unspecified atom stereocenters. The van der Waals surface area contributed by atoms with E-state index in [1.54, 1.807) is 0 Å². The number of hydrogen-bond donors (Lipinski definition) is 1. The quantitative estimate of drug-likeness (QED) is 0.853. The Morgan fingerprint density at radius 2 is 2.05 bits per heavy atom. The Kier molecular flexibility index (Phi) is 4.90. The molecule has 0 aromatic heterocycles. The maximum absolute atomic E-state index is 12.0. The van der Waals surface area contributed by atoms with Crippen LogP contribution in [0.3, 0.4) is 0 Å². The third-order valence-corrected chi connectivity index (χ3v) is 6.95. The van der Waals surface area contributed by atoms with Crippen LogP contribution in [-0.2, 0) is 9.84 Å². The van der Waals surface area contributed by atoms with Gasteiger partial charge in [0.15, 0.2) is 9.84 Å². The number of rotatable bonds is 3.